The van der Waals surface area contributed by atoms with Crippen molar-refractivity contribution in [2.24, 2.45) is 5.92 Å². The van der Waals surface area contributed by atoms with E-state index in [1.807, 2.05) is 0 Å². The van der Waals surface area contributed by atoms with Crippen LogP contribution in [0.5, 0.6) is 0 Å². The van der Waals surface area contributed by atoms with Crippen LogP contribution in [0.3, 0.4) is 0 Å². The first-order valence-corrected chi connectivity index (χ1v) is 9.95. The van der Waals surface area contributed by atoms with E-state index in [-0.39, 0.29) is 18.2 Å². The number of carbonyl (C=O) groups excluding carboxylic acids is 1. The molecule has 1 fully saturated rings. The smallest absolute Gasteiger partial charge is 0.410 e. The quantitative estimate of drug-likeness (QED) is 0.576. The molecule has 1 aromatic heterocycles. The van der Waals surface area contributed by atoms with E-state index in [0.717, 1.165) is 6.07 Å². The summed E-state index contributed by atoms with van der Waals surface area (Å²) in [4.78, 5) is 27.7. The number of hydrogen-bond donors (Lipinski definition) is 0. The third-order valence-corrected chi connectivity index (χ3v) is 5.68. The molecular weight excluding hydrogens is 362 g/mol. The molecule has 0 saturated carbocycles. The van der Waals surface area contributed by atoms with E-state index in [1.54, 1.807) is 20.8 Å². The van der Waals surface area contributed by atoms with Crippen LogP contribution in [0, 0.1) is 16.0 Å². The maximum absolute atomic E-state index is 12.6. The highest BCUT2D eigenvalue weighted by atomic mass is 32.2. The van der Waals surface area contributed by atoms with Crippen LogP contribution < -0.4 is 0 Å². The fourth-order valence-corrected chi connectivity index (χ4v) is 4.58. The molecule has 26 heavy (non-hydrogen) atoms. The Morgan fingerprint density at radius 3 is 2.77 bits per heavy atom. The van der Waals surface area contributed by atoms with Gasteiger partial charge in [0.05, 0.1) is 10.7 Å². The van der Waals surface area contributed by atoms with Gasteiger partial charge < -0.3 is 9.64 Å². The summed E-state index contributed by atoms with van der Waals surface area (Å²) in [5.41, 5.74) is -1.17. The lowest BCUT2D eigenvalue weighted by molar-refractivity contribution is -0.388. The molecule has 0 N–H and O–H groups in total. The van der Waals surface area contributed by atoms with Crippen LogP contribution in [0.1, 0.15) is 33.6 Å². The molecule has 1 aromatic rings. The van der Waals surface area contributed by atoms with E-state index < -0.39 is 37.2 Å². The molecule has 1 atom stereocenters. The van der Waals surface area contributed by atoms with Crippen LogP contribution in [0.4, 0.5) is 10.5 Å². The minimum atomic E-state index is -3.95. The third kappa shape index (κ3) is 5.13. The zero-order valence-electron chi connectivity index (χ0n) is 15.0. The highest BCUT2D eigenvalue weighted by Crippen LogP contribution is 2.26. The fourth-order valence-electron chi connectivity index (χ4n) is 2.84. The summed E-state index contributed by atoms with van der Waals surface area (Å²) in [6, 6.07) is 2.44. The molecule has 1 amide bonds. The Hall–Kier alpha value is -2.23. The standard InChI is InChI=1S/C16H23N3O6S/c1-16(2,3)25-15(20)18-9-5-6-12(10-18)11-26(23,24)14-13(19(21)22)7-4-8-17-14/h4,7-8,12H,5-6,9-11H2,1-3H3. The Morgan fingerprint density at radius 2 is 2.15 bits per heavy atom. The fraction of sp³-hybridized carbons (Fsp3) is 0.625. The Labute approximate surface area is 152 Å². The first kappa shape index (κ1) is 20.1. The second-order valence-corrected chi connectivity index (χ2v) is 9.25. The molecule has 0 spiro atoms. The second kappa shape index (κ2) is 7.56. The van der Waals surface area contributed by atoms with Gasteiger partial charge in [0.1, 0.15) is 5.60 Å². The molecular formula is C16H23N3O6S. The summed E-state index contributed by atoms with van der Waals surface area (Å²) >= 11 is 0. The highest BCUT2D eigenvalue weighted by molar-refractivity contribution is 7.91. The average Bonchev–Trinajstić information content (AvgIpc) is 2.53. The van der Waals surface area contributed by atoms with Crippen LogP contribution in [-0.2, 0) is 14.6 Å². The molecule has 1 aliphatic rings. The molecule has 0 aliphatic carbocycles. The van der Waals surface area contributed by atoms with Crippen molar-refractivity contribution in [3.63, 3.8) is 0 Å². The van der Waals surface area contributed by atoms with Gasteiger partial charge in [-0.3, -0.25) is 10.1 Å². The summed E-state index contributed by atoms with van der Waals surface area (Å²) in [5, 5.41) is 10.5. The van der Waals surface area contributed by atoms with Crippen molar-refractivity contribution in [2.75, 3.05) is 18.8 Å². The topological polar surface area (TPSA) is 120 Å². The number of pyridine rings is 1. The zero-order valence-corrected chi connectivity index (χ0v) is 15.9. The molecule has 0 bridgehead atoms. The van der Waals surface area contributed by atoms with Gasteiger partial charge in [-0.25, -0.2) is 18.2 Å². The van der Waals surface area contributed by atoms with Gasteiger partial charge in [0.2, 0.25) is 14.9 Å². The van der Waals surface area contributed by atoms with Crippen molar-refractivity contribution >= 4 is 21.6 Å². The molecule has 0 aromatic carbocycles. The van der Waals surface area contributed by atoms with Gasteiger partial charge in [-0.05, 0) is 45.6 Å². The van der Waals surface area contributed by atoms with E-state index in [1.165, 1.54) is 17.2 Å². The summed E-state index contributed by atoms with van der Waals surface area (Å²) in [6.07, 6.45) is 1.99. The molecule has 9 nitrogen and oxygen atoms in total. The summed E-state index contributed by atoms with van der Waals surface area (Å²) < 4.78 is 30.6. The lowest BCUT2D eigenvalue weighted by Crippen LogP contribution is -2.44. The van der Waals surface area contributed by atoms with Gasteiger partial charge in [-0.15, -0.1) is 0 Å². The largest absolute Gasteiger partial charge is 0.444 e. The van der Waals surface area contributed by atoms with Crippen LogP contribution in [0.25, 0.3) is 0 Å². The predicted octanol–water partition coefficient (Wildman–Crippen LogP) is 2.41. The van der Waals surface area contributed by atoms with Crippen molar-refractivity contribution < 1.29 is 22.9 Å². The van der Waals surface area contributed by atoms with E-state index in [9.17, 15) is 23.3 Å². The normalized spacial score (nSPS) is 18.4. The molecule has 1 unspecified atom stereocenters. The second-order valence-electron chi connectivity index (χ2n) is 7.30. The monoisotopic (exact) mass is 385 g/mol. The van der Waals surface area contributed by atoms with Gasteiger partial charge in [0, 0.05) is 25.4 Å². The lowest BCUT2D eigenvalue weighted by Gasteiger charge is -2.33. The molecule has 0 radical (unpaired) electrons. The number of rotatable bonds is 4. The Kier molecular flexibility index (Phi) is 5.84. The predicted molar refractivity (Wildman–Crippen MR) is 93.5 cm³/mol. The molecule has 144 valence electrons. The minimum Gasteiger partial charge on any atom is -0.444 e. The summed E-state index contributed by atoms with van der Waals surface area (Å²) in [7, 11) is -3.95. The number of likely N-dealkylation sites (tertiary alicyclic amines) is 1. The molecule has 1 saturated heterocycles. The number of nitro groups is 1. The number of piperidine rings is 1. The van der Waals surface area contributed by atoms with Crippen LogP contribution in [-0.4, -0.2) is 53.8 Å². The number of hydrogen-bond acceptors (Lipinski definition) is 7. The van der Waals surface area contributed by atoms with Crippen molar-refractivity contribution in [1.29, 1.82) is 0 Å². The van der Waals surface area contributed by atoms with Crippen LogP contribution in [0.15, 0.2) is 23.4 Å². The number of carbonyl (C=O) groups is 1. The van der Waals surface area contributed by atoms with Crippen LogP contribution >= 0.6 is 0 Å². The number of aromatic nitrogens is 1. The first-order valence-electron chi connectivity index (χ1n) is 8.30. The van der Waals surface area contributed by atoms with Crippen molar-refractivity contribution in [3.05, 3.63) is 28.4 Å². The van der Waals surface area contributed by atoms with Crippen LogP contribution in [0.2, 0.25) is 0 Å². The maximum Gasteiger partial charge on any atom is 0.410 e. The molecule has 2 heterocycles. The van der Waals surface area contributed by atoms with E-state index in [4.69, 9.17) is 4.74 Å². The average molecular weight is 385 g/mol. The third-order valence-electron chi connectivity index (χ3n) is 3.87. The molecule has 10 heteroatoms. The van der Waals surface area contributed by atoms with Gasteiger partial charge in [0.25, 0.3) is 0 Å². The SMILES string of the molecule is CC(C)(C)OC(=O)N1CCCC(CS(=O)(=O)c2ncccc2[N+](=O)[O-])C1. The van der Waals surface area contributed by atoms with Gasteiger partial charge in [-0.1, -0.05) is 0 Å². The minimum absolute atomic E-state index is 0.231. The lowest BCUT2D eigenvalue weighted by atomic mass is 10.0. The van der Waals surface area contributed by atoms with E-state index >= 15 is 0 Å². The van der Waals surface area contributed by atoms with Gasteiger partial charge in [0.15, 0.2) is 0 Å². The van der Waals surface area contributed by atoms with E-state index in [0.29, 0.717) is 19.4 Å². The number of nitrogens with zero attached hydrogens (tertiary/aromatic N) is 3. The number of sulfone groups is 1. The number of ether oxygens (including phenoxy) is 1. The van der Waals surface area contributed by atoms with Gasteiger partial charge in [-0.2, -0.15) is 0 Å². The number of amides is 1. The molecule has 1 aliphatic heterocycles. The summed E-state index contributed by atoms with van der Waals surface area (Å²) in [5.74, 6) is -0.632. The Bertz CT molecular complexity index is 787. The van der Waals surface area contributed by atoms with Crippen molar-refractivity contribution in [3.8, 4) is 0 Å². The Balaban J connectivity index is 2.13. The van der Waals surface area contributed by atoms with Gasteiger partial charge >= 0.3 is 11.8 Å². The maximum atomic E-state index is 12.6. The van der Waals surface area contributed by atoms with E-state index in [2.05, 4.69) is 4.98 Å². The highest BCUT2D eigenvalue weighted by Gasteiger charge is 2.34. The van der Waals surface area contributed by atoms with Crippen molar-refractivity contribution in [1.82, 2.24) is 9.88 Å². The van der Waals surface area contributed by atoms with Crippen molar-refractivity contribution in [2.45, 2.75) is 44.2 Å². The molecule has 2 rings (SSSR count). The zero-order chi connectivity index (χ0) is 19.5. The summed E-state index contributed by atoms with van der Waals surface area (Å²) in [6.45, 7) is 6.01. The first-order chi connectivity index (χ1) is 12.0. The Morgan fingerprint density at radius 1 is 1.46 bits per heavy atom.